The number of hydrogen-bond donors (Lipinski definition) is 1. The van der Waals surface area contributed by atoms with Crippen molar-refractivity contribution < 1.29 is 4.79 Å². The number of carbonyl (C=O) groups excluding carboxylic acids is 1. The molecule has 0 saturated heterocycles. The van der Waals surface area contributed by atoms with Crippen molar-refractivity contribution in [2.75, 3.05) is 5.32 Å². The minimum atomic E-state index is 0.0836. The Kier molecular flexibility index (Phi) is 2.99. The Labute approximate surface area is 118 Å². The van der Waals surface area contributed by atoms with Crippen LogP contribution < -0.4 is 5.32 Å². The lowest BCUT2D eigenvalue weighted by Gasteiger charge is -2.09. The van der Waals surface area contributed by atoms with Crippen LogP contribution in [0.5, 0.6) is 0 Å². The molecule has 1 N–H and O–H groups in total. The molecule has 0 saturated carbocycles. The van der Waals surface area contributed by atoms with E-state index < -0.39 is 0 Å². The Morgan fingerprint density at radius 3 is 2.89 bits per heavy atom. The largest absolute Gasteiger partial charge is 0.326 e. The van der Waals surface area contributed by atoms with Crippen molar-refractivity contribution in [2.24, 2.45) is 0 Å². The molecule has 18 heavy (non-hydrogen) atoms. The van der Waals surface area contributed by atoms with Crippen LogP contribution in [-0.2, 0) is 11.2 Å². The summed E-state index contributed by atoms with van der Waals surface area (Å²) in [6, 6.07) is 10.5. The highest BCUT2D eigenvalue weighted by molar-refractivity contribution is 9.09. The van der Waals surface area contributed by atoms with Gasteiger partial charge < -0.3 is 5.32 Å². The first-order valence-electron chi connectivity index (χ1n) is 5.76. The van der Waals surface area contributed by atoms with E-state index in [4.69, 9.17) is 0 Å². The first-order chi connectivity index (χ1) is 8.63. The molecular formula is C14H12BrNOS. The summed E-state index contributed by atoms with van der Waals surface area (Å²) in [5, 5.41) is 2.86. The van der Waals surface area contributed by atoms with Gasteiger partial charge in [0.15, 0.2) is 0 Å². The fourth-order valence-corrected chi connectivity index (χ4v) is 3.76. The maximum absolute atomic E-state index is 11.3. The summed E-state index contributed by atoms with van der Waals surface area (Å²) >= 11 is 5.53. The van der Waals surface area contributed by atoms with E-state index in [9.17, 15) is 4.79 Å². The number of amides is 1. The number of carbonyl (C=O) groups is 1. The molecule has 0 bridgehead atoms. The number of benzene rings is 1. The third-order valence-electron chi connectivity index (χ3n) is 3.06. The molecular weight excluding hydrogens is 310 g/mol. The van der Waals surface area contributed by atoms with Gasteiger partial charge in [-0.1, -0.05) is 28.1 Å². The molecule has 92 valence electrons. The van der Waals surface area contributed by atoms with Crippen LogP contribution in [0.1, 0.15) is 25.7 Å². The quantitative estimate of drug-likeness (QED) is 0.831. The molecule has 1 unspecified atom stereocenters. The highest BCUT2D eigenvalue weighted by Crippen LogP contribution is 2.37. The van der Waals surface area contributed by atoms with E-state index in [1.807, 2.05) is 6.07 Å². The van der Waals surface area contributed by atoms with Crippen molar-refractivity contribution in [3.63, 3.8) is 0 Å². The van der Waals surface area contributed by atoms with E-state index >= 15 is 0 Å². The summed E-state index contributed by atoms with van der Waals surface area (Å²) < 4.78 is 0. The van der Waals surface area contributed by atoms with Crippen LogP contribution in [0.2, 0.25) is 0 Å². The Balaban J connectivity index is 1.94. The molecule has 2 heterocycles. The Bertz CT molecular complexity index is 620. The number of fused-ring (bicyclic) bond motifs is 1. The second-order valence-corrected chi connectivity index (χ2v) is 6.69. The van der Waals surface area contributed by atoms with Gasteiger partial charge in [0, 0.05) is 15.4 Å². The zero-order chi connectivity index (χ0) is 12.7. The first-order valence-corrected chi connectivity index (χ1v) is 7.50. The van der Waals surface area contributed by atoms with Crippen LogP contribution in [0.15, 0.2) is 30.3 Å². The molecule has 4 heteroatoms. The van der Waals surface area contributed by atoms with Gasteiger partial charge in [0.25, 0.3) is 0 Å². The van der Waals surface area contributed by atoms with E-state index in [2.05, 4.69) is 52.4 Å². The summed E-state index contributed by atoms with van der Waals surface area (Å²) in [6.45, 7) is 2.11. The molecule has 1 aromatic heterocycles. The van der Waals surface area contributed by atoms with Crippen molar-refractivity contribution in [3.8, 4) is 0 Å². The molecule has 3 rings (SSSR count). The monoisotopic (exact) mass is 321 g/mol. The molecule has 1 atom stereocenters. The predicted molar refractivity (Wildman–Crippen MR) is 78.6 cm³/mol. The van der Waals surface area contributed by atoms with Gasteiger partial charge >= 0.3 is 0 Å². The second-order valence-electron chi connectivity index (χ2n) is 4.45. The minimum absolute atomic E-state index is 0.0836. The first kappa shape index (κ1) is 11.9. The predicted octanol–water partition coefficient (Wildman–Crippen LogP) is 4.04. The molecule has 1 aromatic carbocycles. The lowest BCUT2D eigenvalue weighted by molar-refractivity contribution is -0.115. The third kappa shape index (κ3) is 2.10. The summed E-state index contributed by atoms with van der Waals surface area (Å²) in [6.07, 6.45) is 0.492. The molecule has 1 amide bonds. The van der Waals surface area contributed by atoms with Crippen molar-refractivity contribution in [3.05, 3.63) is 51.2 Å². The highest BCUT2D eigenvalue weighted by Gasteiger charge is 2.20. The van der Waals surface area contributed by atoms with Crippen molar-refractivity contribution in [1.29, 1.82) is 0 Å². The number of nitrogens with one attached hydrogen (secondary N) is 1. The van der Waals surface area contributed by atoms with E-state index in [1.165, 1.54) is 15.3 Å². The van der Waals surface area contributed by atoms with Gasteiger partial charge in [-0.05, 0) is 36.2 Å². The molecule has 0 radical (unpaired) electrons. The average molecular weight is 322 g/mol. The summed E-state index contributed by atoms with van der Waals surface area (Å²) in [5.41, 5.74) is 3.24. The Hall–Kier alpha value is -1.13. The van der Waals surface area contributed by atoms with Crippen LogP contribution in [-0.4, -0.2) is 5.91 Å². The minimum Gasteiger partial charge on any atom is -0.326 e. The van der Waals surface area contributed by atoms with Crippen molar-refractivity contribution in [1.82, 2.24) is 0 Å². The molecule has 0 spiro atoms. The van der Waals surface area contributed by atoms with Gasteiger partial charge in [-0.25, -0.2) is 0 Å². The number of aryl methyl sites for hydroxylation is 1. The maximum atomic E-state index is 11.3. The fraction of sp³-hybridized carbons (Fsp3) is 0.214. The number of alkyl halides is 1. The highest BCUT2D eigenvalue weighted by atomic mass is 79.9. The van der Waals surface area contributed by atoms with Crippen LogP contribution in [0, 0.1) is 6.92 Å². The van der Waals surface area contributed by atoms with E-state index in [0.717, 1.165) is 11.3 Å². The van der Waals surface area contributed by atoms with Gasteiger partial charge in [0.1, 0.15) is 0 Å². The smallest absolute Gasteiger partial charge is 0.228 e. The zero-order valence-corrected chi connectivity index (χ0v) is 12.3. The Morgan fingerprint density at radius 2 is 2.17 bits per heavy atom. The summed E-state index contributed by atoms with van der Waals surface area (Å²) in [7, 11) is 0. The average Bonchev–Trinajstić information content (AvgIpc) is 2.92. The van der Waals surface area contributed by atoms with Gasteiger partial charge in [0.2, 0.25) is 5.91 Å². The van der Waals surface area contributed by atoms with E-state index in [1.54, 1.807) is 11.3 Å². The van der Waals surface area contributed by atoms with Gasteiger partial charge in [-0.3, -0.25) is 4.79 Å². The molecule has 0 fully saturated rings. The zero-order valence-electron chi connectivity index (χ0n) is 9.87. The second kappa shape index (κ2) is 4.52. The summed E-state index contributed by atoms with van der Waals surface area (Å²) in [4.78, 5) is 14.1. The van der Waals surface area contributed by atoms with Crippen LogP contribution in [0.4, 0.5) is 5.69 Å². The number of hydrogen-bond acceptors (Lipinski definition) is 2. The SMILES string of the molecule is Cc1ccc(C(Br)c2ccc3c(c2)CC(=O)N3)s1. The maximum Gasteiger partial charge on any atom is 0.228 e. The lowest BCUT2D eigenvalue weighted by atomic mass is 10.1. The number of anilines is 1. The van der Waals surface area contributed by atoms with Crippen molar-refractivity contribution in [2.45, 2.75) is 18.2 Å². The fourth-order valence-electron chi connectivity index (χ4n) is 2.16. The third-order valence-corrected chi connectivity index (χ3v) is 5.45. The molecule has 1 aliphatic heterocycles. The summed E-state index contributed by atoms with van der Waals surface area (Å²) in [5.74, 6) is 0.0836. The van der Waals surface area contributed by atoms with Gasteiger partial charge in [-0.2, -0.15) is 0 Å². The molecule has 1 aliphatic rings. The van der Waals surface area contributed by atoms with Crippen LogP contribution in [0.3, 0.4) is 0 Å². The lowest BCUT2D eigenvalue weighted by Crippen LogP contribution is -2.03. The van der Waals surface area contributed by atoms with Gasteiger partial charge in [-0.15, -0.1) is 11.3 Å². The Morgan fingerprint density at radius 1 is 1.33 bits per heavy atom. The standard InChI is InChI=1S/C14H12BrNOS/c1-8-2-5-12(18-8)14(15)9-3-4-11-10(6-9)7-13(17)16-11/h2-6,14H,7H2,1H3,(H,16,17). The number of halogens is 1. The van der Waals surface area contributed by atoms with E-state index in [-0.39, 0.29) is 10.7 Å². The van der Waals surface area contributed by atoms with Gasteiger partial charge in [0.05, 0.1) is 11.2 Å². The topological polar surface area (TPSA) is 29.1 Å². The van der Waals surface area contributed by atoms with Crippen molar-refractivity contribution >= 4 is 38.9 Å². The van der Waals surface area contributed by atoms with Crippen LogP contribution >= 0.6 is 27.3 Å². The van der Waals surface area contributed by atoms with Crippen LogP contribution in [0.25, 0.3) is 0 Å². The molecule has 2 nitrogen and oxygen atoms in total. The molecule has 2 aromatic rings. The number of thiophene rings is 1. The molecule has 0 aliphatic carbocycles. The van der Waals surface area contributed by atoms with E-state index in [0.29, 0.717) is 6.42 Å². The normalized spacial score (nSPS) is 15.3. The number of rotatable bonds is 2.